The van der Waals surface area contributed by atoms with Gasteiger partial charge in [0.2, 0.25) is 23.6 Å². The van der Waals surface area contributed by atoms with Crippen LogP contribution in [0, 0.1) is 11.8 Å². The van der Waals surface area contributed by atoms with Gasteiger partial charge in [-0.2, -0.15) is 0 Å². The molecular weight excluding hydrogens is 358 g/mol. The molecule has 0 radical (unpaired) electrons. The summed E-state index contributed by atoms with van der Waals surface area (Å²) in [5, 5.41) is 5.61. The second-order valence-electron chi connectivity index (χ2n) is 7.67. The first kappa shape index (κ1) is 20.0. The summed E-state index contributed by atoms with van der Waals surface area (Å²) in [6, 6.07) is 7.02. The first-order valence-electron chi connectivity index (χ1n) is 9.89. The highest BCUT2D eigenvalue weighted by atomic mass is 16.2. The Morgan fingerprint density at radius 2 is 1.79 bits per heavy atom. The van der Waals surface area contributed by atoms with Crippen molar-refractivity contribution >= 4 is 29.3 Å². The van der Waals surface area contributed by atoms with Crippen molar-refractivity contribution in [1.29, 1.82) is 0 Å². The molecule has 0 aromatic heterocycles. The molecule has 150 valence electrons. The molecule has 1 aromatic rings. The smallest absolute Gasteiger partial charge is 0.233 e. The minimum atomic E-state index is -0.256. The molecule has 2 fully saturated rings. The van der Waals surface area contributed by atoms with Gasteiger partial charge in [-0.15, -0.1) is 0 Å². The van der Waals surface area contributed by atoms with Crippen molar-refractivity contribution in [2.75, 3.05) is 11.9 Å². The van der Waals surface area contributed by atoms with Crippen LogP contribution in [0.5, 0.6) is 0 Å². The summed E-state index contributed by atoms with van der Waals surface area (Å²) in [5.74, 6) is -0.959. The van der Waals surface area contributed by atoms with Gasteiger partial charge < -0.3 is 10.6 Å². The van der Waals surface area contributed by atoms with Gasteiger partial charge in [0.25, 0.3) is 0 Å². The molecule has 7 nitrogen and oxygen atoms in total. The molecule has 0 spiro atoms. The van der Waals surface area contributed by atoms with E-state index in [0.717, 1.165) is 31.2 Å². The van der Waals surface area contributed by atoms with E-state index in [4.69, 9.17) is 0 Å². The summed E-state index contributed by atoms with van der Waals surface area (Å²) in [6.07, 6.45) is 3.62. The van der Waals surface area contributed by atoms with Gasteiger partial charge in [-0.3, -0.25) is 24.1 Å². The fourth-order valence-corrected chi connectivity index (χ4v) is 4.15. The minimum Gasteiger partial charge on any atom is -0.350 e. The fourth-order valence-electron chi connectivity index (χ4n) is 4.15. The maximum absolute atomic E-state index is 12.5. The van der Waals surface area contributed by atoms with Crippen molar-refractivity contribution in [3.63, 3.8) is 0 Å². The van der Waals surface area contributed by atoms with E-state index in [9.17, 15) is 19.2 Å². The average Bonchev–Trinajstić information content (AvgIpc) is 2.90. The molecule has 2 N–H and O–H groups in total. The molecule has 3 atom stereocenters. The summed E-state index contributed by atoms with van der Waals surface area (Å²) in [7, 11) is 0. The number of carbonyl (C=O) groups excluding carboxylic acids is 4. The van der Waals surface area contributed by atoms with Crippen molar-refractivity contribution in [1.82, 2.24) is 10.2 Å². The second kappa shape index (κ2) is 8.54. The minimum absolute atomic E-state index is 0.0899. The highest BCUT2D eigenvalue weighted by molar-refractivity contribution is 6.05. The third-order valence-electron chi connectivity index (χ3n) is 5.58. The largest absolute Gasteiger partial charge is 0.350 e. The van der Waals surface area contributed by atoms with Crippen molar-refractivity contribution in [2.45, 2.75) is 52.0 Å². The van der Waals surface area contributed by atoms with Gasteiger partial charge in [0.1, 0.15) is 0 Å². The van der Waals surface area contributed by atoms with Gasteiger partial charge in [-0.25, -0.2) is 0 Å². The van der Waals surface area contributed by atoms with Gasteiger partial charge in [0.05, 0.1) is 17.9 Å². The van der Waals surface area contributed by atoms with Gasteiger partial charge in [0, 0.05) is 25.6 Å². The summed E-state index contributed by atoms with van der Waals surface area (Å²) in [5.41, 5.74) is 1.53. The highest BCUT2D eigenvalue weighted by Crippen LogP contribution is 2.37. The van der Waals surface area contributed by atoms with Crippen LogP contribution in [0.1, 0.15) is 57.6 Å². The Hall–Kier alpha value is -2.70. The number of hydrogen-bond acceptors (Lipinski definition) is 4. The number of fused-ring (bicyclic) bond motifs is 1. The molecule has 1 aliphatic carbocycles. The van der Waals surface area contributed by atoms with Gasteiger partial charge in [-0.1, -0.05) is 25.0 Å². The molecule has 1 heterocycles. The molecule has 2 aliphatic rings. The van der Waals surface area contributed by atoms with Crippen molar-refractivity contribution in [3.05, 3.63) is 29.8 Å². The Labute approximate surface area is 164 Å². The lowest BCUT2D eigenvalue weighted by molar-refractivity contribution is -0.140. The third-order valence-corrected chi connectivity index (χ3v) is 5.58. The average molecular weight is 385 g/mol. The predicted molar refractivity (Wildman–Crippen MR) is 104 cm³/mol. The Kier molecular flexibility index (Phi) is 6.11. The lowest BCUT2D eigenvalue weighted by atomic mass is 9.81. The number of rotatable bonds is 6. The van der Waals surface area contributed by atoms with Gasteiger partial charge >= 0.3 is 0 Å². The molecule has 1 aliphatic heterocycles. The van der Waals surface area contributed by atoms with E-state index in [2.05, 4.69) is 10.6 Å². The molecule has 0 bridgehead atoms. The molecule has 1 saturated heterocycles. The number of carbonyl (C=O) groups is 4. The third kappa shape index (κ3) is 4.40. The van der Waals surface area contributed by atoms with Crippen molar-refractivity contribution in [3.8, 4) is 0 Å². The first-order valence-corrected chi connectivity index (χ1v) is 9.89. The Bertz CT molecular complexity index is 768. The van der Waals surface area contributed by atoms with E-state index < -0.39 is 0 Å². The van der Waals surface area contributed by atoms with Crippen LogP contribution in [0.3, 0.4) is 0 Å². The highest BCUT2D eigenvalue weighted by Gasteiger charge is 2.47. The number of nitrogens with one attached hydrogen (secondary N) is 2. The Morgan fingerprint density at radius 3 is 2.39 bits per heavy atom. The lowest BCUT2D eigenvalue weighted by Crippen LogP contribution is -2.36. The maximum atomic E-state index is 12.5. The number of benzene rings is 1. The normalized spacial score (nSPS) is 22.6. The fraction of sp³-hybridized carbons (Fsp3) is 0.524. The van der Waals surface area contributed by atoms with E-state index in [-0.39, 0.29) is 54.5 Å². The van der Waals surface area contributed by atoms with E-state index in [1.165, 1.54) is 11.8 Å². The number of hydrogen-bond donors (Lipinski definition) is 2. The van der Waals surface area contributed by atoms with E-state index >= 15 is 0 Å². The Balaban J connectivity index is 1.53. The molecule has 1 saturated carbocycles. The number of amides is 4. The molecule has 4 amide bonds. The monoisotopic (exact) mass is 385 g/mol. The predicted octanol–water partition coefficient (Wildman–Crippen LogP) is 2.39. The van der Waals surface area contributed by atoms with E-state index in [1.54, 1.807) is 6.07 Å². The van der Waals surface area contributed by atoms with Crippen LogP contribution in [0.15, 0.2) is 24.3 Å². The number of nitrogens with zero attached hydrogens (tertiary/aromatic N) is 1. The zero-order valence-electron chi connectivity index (χ0n) is 16.4. The quantitative estimate of drug-likeness (QED) is 0.735. The number of imide groups is 1. The summed E-state index contributed by atoms with van der Waals surface area (Å²) in [4.78, 5) is 49.8. The molecule has 3 unspecified atom stereocenters. The van der Waals surface area contributed by atoms with Crippen LogP contribution in [0.25, 0.3) is 0 Å². The lowest BCUT2D eigenvalue weighted by Gasteiger charge is -2.19. The molecule has 28 heavy (non-hydrogen) atoms. The summed E-state index contributed by atoms with van der Waals surface area (Å²) < 4.78 is 0. The van der Waals surface area contributed by atoms with E-state index in [1.807, 2.05) is 25.1 Å². The number of likely N-dealkylation sites (tertiary alicyclic amines) is 1. The van der Waals surface area contributed by atoms with Crippen LogP contribution in [0.2, 0.25) is 0 Å². The standard InChI is InChI=1S/C21H27N3O4/c1-13(15-6-5-7-16(12-15)23-14(2)25)22-19(26)10-11-24-20(27)17-8-3-4-9-18(17)21(24)28/h5-7,12-13,17-18H,3-4,8-11H2,1-2H3,(H,22,26)(H,23,25). The van der Waals surface area contributed by atoms with Gasteiger partial charge in [-0.05, 0) is 37.5 Å². The molecule has 1 aromatic carbocycles. The number of anilines is 1. The molecular formula is C21H27N3O4. The zero-order chi connectivity index (χ0) is 20.3. The summed E-state index contributed by atoms with van der Waals surface area (Å²) >= 11 is 0. The van der Waals surface area contributed by atoms with Crippen LogP contribution in [-0.4, -0.2) is 35.1 Å². The van der Waals surface area contributed by atoms with Crippen LogP contribution in [-0.2, 0) is 19.2 Å². The second-order valence-corrected chi connectivity index (χ2v) is 7.67. The maximum Gasteiger partial charge on any atom is 0.233 e. The van der Waals surface area contributed by atoms with Gasteiger partial charge in [0.15, 0.2) is 0 Å². The molecule has 3 rings (SSSR count). The Morgan fingerprint density at radius 1 is 1.14 bits per heavy atom. The van der Waals surface area contributed by atoms with Crippen molar-refractivity contribution in [2.24, 2.45) is 11.8 Å². The van der Waals surface area contributed by atoms with Crippen LogP contribution < -0.4 is 10.6 Å². The topological polar surface area (TPSA) is 95.6 Å². The molecule has 7 heteroatoms. The van der Waals surface area contributed by atoms with Crippen LogP contribution in [0.4, 0.5) is 5.69 Å². The van der Waals surface area contributed by atoms with E-state index in [0.29, 0.717) is 5.69 Å². The SMILES string of the molecule is CC(=O)Nc1cccc(C(C)NC(=O)CCN2C(=O)C3CCCCC3C2=O)c1. The van der Waals surface area contributed by atoms with Crippen LogP contribution >= 0.6 is 0 Å². The summed E-state index contributed by atoms with van der Waals surface area (Å²) in [6.45, 7) is 3.43. The van der Waals surface area contributed by atoms with Crippen molar-refractivity contribution < 1.29 is 19.2 Å². The first-order chi connectivity index (χ1) is 13.4. The zero-order valence-corrected chi connectivity index (χ0v) is 16.4.